The second kappa shape index (κ2) is 11.8. The number of carbonyl (C=O) groups is 5. The van der Waals surface area contributed by atoms with E-state index in [0.717, 1.165) is 37.7 Å². The summed E-state index contributed by atoms with van der Waals surface area (Å²) in [5, 5.41) is 5.75. The van der Waals surface area contributed by atoms with Crippen LogP contribution in [0.25, 0.3) is 0 Å². The van der Waals surface area contributed by atoms with Crippen molar-refractivity contribution in [2.45, 2.75) is 90.3 Å². The lowest BCUT2D eigenvalue weighted by molar-refractivity contribution is -0.145. The molecule has 10 nitrogen and oxygen atoms in total. The Bertz CT molecular complexity index is 1100. The molecule has 0 bridgehead atoms. The van der Waals surface area contributed by atoms with Gasteiger partial charge in [0.25, 0.3) is 5.91 Å². The molecule has 0 radical (unpaired) electrons. The lowest BCUT2D eigenvalue weighted by Crippen LogP contribution is -2.59. The van der Waals surface area contributed by atoms with Gasteiger partial charge in [0.15, 0.2) is 0 Å². The monoisotopic (exact) mass is 539 g/mol. The van der Waals surface area contributed by atoms with Crippen molar-refractivity contribution in [3.8, 4) is 0 Å². The van der Waals surface area contributed by atoms with Crippen LogP contribution in [0.4, 0.5) is 0 Å². The number of nitrogens with two attached hydrogens (primary N) is 1. The Morgan fingerprint density at radius 3 is 2.46 bits per heavy atom. The summed E-state index contributed by atoms with van der Waals surface area (Å²) in [5.41, 5.74) is 5.85. The van der Waals surface area contributed by atoms with Crippen LogP contribution >= 0.6 is 0 Å². The highest BCUT2D eigenvalue weighted by molar-refractivity contribution is 6.37. The lowest BCUT2D eigenvalue weighted by atomic mass is 9.83. The summed E-state index contributed by atoms with van der Waals surface area (Å²) in [6, 6.07) is 1.05. The molecule has 1 aliphatic heterocycles. The van der Waals surface area contributed by atoms with Crippen LogP contribution < -0.4 is 16.4 Å². The van der Waals surface area contributed by atoms with Crippen molar-refractivity contribution in [3.05, 3.63) is 30.1 Å². The zero-order chi connectivity index (χ0) is 28.3. The van der Waals surface area contributed by atoms with Crippen LogP contribution in [0.15, 0.2) is 24.5 Å². The van der Waals surface area contributed by atoms with Crippen molar-refractivity contribution in [1.29, 1.82) is 0 Å². The molecule has 1 aromatic heterocycles. The third-order valence-corrected chi connectivity index (χ3v) is 9.00. The third-order valence-electron chi connectivity index (χ3n) is 9.00. The van der Waals surface area contributed by atoms with Gasteiger partial charge in [-0.25, -0.2) is 0 Å². The molecular formula is C29H41N5O5. The highest BCUT2D eigenvalue weighted by atomic mass is 16.2. The van der Waals surface area contributed by atoms with Crippen LogP contribution in [-0.2, 0) is 30.4 Å². The van der Waals surface area contributed by atoms with Crippen molar-refractivity contribution in [1.82, 2.24) is 20.5 Å². The molecule has 3 aliphatic rings. The maximum atomic E-state index is 14.2. The molecule has 212 valence electrons. The second-order valence-electron chi connectivity index (χ2n) is 11.9. The Morgan fingerprint density at radius 1 is 1.13 bits per heavy atom. The van der Waals surface area contributed by atoms with Crippen molar-refractivity contribution in [3.63, 3.8) is 0 Å². The molecule has 5 atom stereocenters. The number of hydrogen-bond donors (Lipinski definition) is 3. The van der Waals surface area contributed by atoms with E-state index >= 15 is 0 Å². The first-order valence-corrected chi connectivity index (χ1v) is 14.2. The Kier molecular flexibility index (Phi) is 8.71. The zero-order valence-electron chi connectivity index (χ0n) is 23.2. The summed E-state index contributed by atoms with van der Waals surface area (Å²) >= 11 is 0. The number of aromatic nitrogens is 1. The highest BCUT2D eigenvalue weighted by Gasteiger charge is 2.69. The van der Waals surface area contributed by atoms with Gasteiger partial charge in [0.2, 0.25) is 23.5 Å². The number of hydrogen-bond acceptors (Lipinski definition) is 6. The summed E-state index contributed by atoms with van der Waals surface area (Å²) in [5.74, 6) is -2.81. The average Bonchev–Trinajstić information content (AvgIpc) is 3.24. The number of Topliss-reactive ketones (excluding diaryl/α,β-unsaturated/α-hetero) is 1. The average molecular weight is 540 g/mol. The fourth-order valence-electron chi connectivity index (χ4n) is 6.74. The minimum atomic E-state index is -1.09. The number of piperidine rings is 1. The van der Waals surface area contributed by atoms with E-state index in [1.807, 2.05) is 13.0 Å². The highest BCUT2D eigenvalue weighted by Crippen LogP contribution is 2.65. The maximum absolute atomic E-state index is 14.2. The van der Waals surface area contributed by atoms with Gasteiger partial charge in [-0.1, -0.05) is 52.5 Å². The number of fused-ring (bicyclic) bond motifs is 1. The predicted octanol–water partition coefficient (Wildman–Crippen LogP) is 1.51. The van der Waals surface area contributed by atoms with Gasteiger partial charge in [-0.15, -0.1) is 0 Å². The summed E-state index contributed by atoms with van der Waals surface area (Å²) in [6.07, 6.45) is 8.98. The van der Waals surface area contributed by atoms with Gasteiger partial charge in [-0.3, -0.25) is 29.0 Å². The summed E-state index contributed by atoms with van der Waals surface area (Å²) in [7, 11) is 0. The van der Waals surface area contributed by atoms with Crippen LogP contribution in [0.3, 0.4) is 0 Å². The number of ketones is 1. The first-order valence-electron chi connectivity index (χ1n) is 14.2. The number of carbonyl (C=O) groups excluding carboxylic acids is 5. The van der Waals surface area contributed by atoms with Crippen LogP contribution in [0, 0.1) is 23.2 Å². The molecule has 4 N–H and O–H groups in total. The third kappa shape index (κ3) is 6.15. The first-order chi connectivity index (χ1) is 18.6. The Labute approximate surface area is 229 Å². The fourth-order valence-corrected chi connectivity index (χ4v) is 6.74. The van der Waals surface area contributed by atoms with Gasteiger partial charge >= 0.3 is 0 Å². The van der Waals surface area contributed by atoms with E-state index in [0.29, 0.717) is 13.0 Å². The lowest BCUT2D eigenvalue weighted by Gasteiger charge is -2.37. The van der Waals surface area contributed by atoms with E-state index in [4.69, 9.17) is 5.73 Å². The van der Waals surface area contributed by atoms with Crippen LogP contribution in [0.5, 0.6) is 0 Å². The predicted molar refractivity (Wildman–Crippen MR) is 144 cm³/mol. The first kappa shape index (κ1) is 28.7. The smallest absolute Gasteiger partial charge is 0.287 e. The molecule has 3 fully saturated rings. The molecule has 4 amide bonds. The molecule has 4 rings (SSSR count). The van der Waals surface area contributed by atoms with E-state index in [2.05, 4.69) is 29.5 Å². The SMILES string of the molecule is CCCC(NC(=O)C1C2C(CN1C(=O)C(NC(=O)Cc1cccnc1)C1CCCCC1)C2(C)C)C(=O)C(N)=O. The Balaban J connectivity index is 1.55. The number of rotatable bonds is 11. The van der Waals surface area contributed by atoms with Crippen molar-refractivity contribution < 1.29 is 24.0 Å². The van der Waals surface area contributed by atoms with Crippen molar-refractivity contribution in [2.75, 3.05) is 6.54 Å². The maximum Gasteiger partial charge on any atom is 0.287 e. The summed E-state index contributed by atoms with van der Waals surface area (Å²) in [6.45, 7) is 6.42. The number of likely N-dealkylation sites (tertiary alicyclic amines) is 1. The largest absolute Gasteiger partial charge is 0.363 e. The van der Waals surface area contributed by atoms with Crippen LogP contribution in [-0.4, -0.2) is 64.0 Å². The molecule has 10 heteroatoms. The van der Waals surface area contributed by atoms with Gasteiger partial charge in [-0.05, 0) is 54.1 Å². The number of pyridine rings is 1. The normalized spacial score (nSPS) is 25.2. The van der Waals surface area contributed by atoms with Crippen LogP contribution in [0.2, 0.25) is 0 Å². The Hall–Kier alpha value is -3.30. The molecule has 1 aromatic rings. The van der Waals surface area contributed by atoms with Gasteiger partial charge in [0.1, 0.15) is 12.1 Å². The molecule has 2 saturated carbocycles. The van der Waals surface area contributed by atoms with Gasteiger partial charge in [0.05, 0.1) is 12.5 Å². The quantitative estimate of drug-likeness (QED) is 0.363. The van der Waals surface area contributed by atoms with Gasteiger partial charge in [-0.2, -0.15) is 0 Å². The molecule has 0 spiro atoms. The van der Waals surface area contributed by atoms with E-state index < -0.39 is 35.7 Å². The molecule has 0 aromatic carbocycles. The van der Waals surface area contributed by atoms with Crippen LogP contribution in [0.1, 0.15) is 71.3 Å². The second-order valence-corrected chi connectivity index (χ2v) is 11.9. The Morgan fingerprint density at radius 2 is 1.85 bits per heavy atom. The molecule has 2 aliphatic carbocycles. The molecular weight excluding hydrogens is 498 g/mol. The molecule has 39 heavy (non-hydrogen) atoms. The fraction of sp³-hybridized carbons (Fsp3) is 0.655. The topological polar surface area (TPSA) is 152 Å². The minimum absolute atomic E-state index is 0.0120. The van der Waals surface area contributed by atoms with E-state index in [1.54, 1.807) is 23.4 Å². The van der Waals surface area contributed by atoms with E-state index in [1.165, 1.54) is 0 Å². The van der Waals surface area contributed by atoms with E-state index in [-0.39, 0.29) is 47.8 Å². The van der Waals surface area contributed by atoms with Crippen molar-refractivity contribution >= 4 is 29.4 Å². The molecule has 1 saturated heterocycles. The zero-order valence-corrected chi connectivity index (χ0v) is 23.2. The molecule has 2 heterocycles. The van der Waals surface area contributed by atoms with Gasteiger partial charge in [0, 0.05) is 18.9 Å². The number of amides is 4. The standard InChI is InChI=1S/C29H41N5O5/c1-4-9-20(25(36)26(30)37)32-27(38)24-22-19(29(22,2)3)16-34(24)28(39)23(18-11-6-5-7-12-18)33-21(35)14-17-10-8-13-31-15-17/h8,10,13,15,18-20,22-24H,4-7,9,11-12,14,16H2,1-3H3,(H2,30,37)(H,32,38)(H,33,35). The minimum Gasteiger partial charge on any atom is -0.363 e. The van der Waals surface area contributed by atoms with Crippen molar-refractivity contribution in [2.24, 2.45) is 28.9 Å². The summed E-state index contributed by atoms with van der Waals surface area (Å²) in [4.78, 5) is 70.5. The number of nitrogens with zero attached hydrogens (tertiary/aromatic N) is 2. The molecule has 5 unspecified atom stereocenters. The van der Waals surface area contributed by atoms with Gasteiger partial charge < -0.3 is 21.3 Å². The number of primary amides is 1. The summed E-state index contributed by atoms with van der Waals surface area (Å²) < 4.78 is 0. The van der Waals surface area contributed by atoms with E-state index in [9.17, 15) is 24.0 Å². The number of nitrogens with one attached hydrogen (secondary N) is 2.